The molecule has 5 nitrogen and oxygen atoms in total. The standard InChI is InChI=1S/C24H39N3O2.HI/c1-4-25-24(26-17-20(3)21-9-7-8-19(2)16-21)27-13-11-22(12-14-27)29-18-23-10-5-6-15-28-23;/h7-9,16,20,22-23H,4-6,10-15,17-18H2,1-3H3,(H,25,26);1H. The smallest absolute Gasteiger partial charge is 0.193 e. The SMILES string of the molecule is CCNC(=NCC(C)c1cccc(C)c1)N1CCC(OCC2CCCCO2)CC1.I. The van der Waals surface area contributed by atoms with E-state index < -0.39 is 0 Å². The van der Waals surface area contributed by atoms with Crippen LogP contribution in [-0.2, 0) is 9.47 Å². The highest BCUT2D eigenvalue weighted by molar-refractivity contribution is 14.0. The van der Waals surface area contributed by atoms with E-state index in [1.807, 2.05) is 0 Å². The van der Waals surface area contributed by atoms with Crippen LogP contribution >= 0.6 is 24.0 Å². The van der Waals surface area contributed by atoms with Gasteiger partial charge in [0.15, 0.2) is 5.96 Å². The Morgan fingerprint density at radius 2 is 2.07 bits per heavy atom. The number of benzene rings is 1. The number of likely N-dealkylation sites (tertiary alicyclic amines) is 1. The second-order valence-electron chi connectivity index (χ2n) is 8.52. The maximum absolute atomic E-state index is 6.17. The van der Waals surface area contributed by atoms with Gasteiger partial charge in [0.2, 0.25) is 0 Å². The van der Waals surface area contributed by atoms with E-state index in [9.17, 15) is 0 Å². The Balaban J connectivity index is 0.00000320. The average Bonchev–Trinajstić information content (AvgIpc) is 2.76. The molecular formula is C24H40IN3O2. The molecule has 0 spiro atoms. The first kappa shape index (κ1) is 25.4. The number of aliphatic imine (C=N–C) groups is 1. The van der Waals surface area contributed by atoms with Crippen LogP contribution < -0.4 is 5.32 Å². The van der Waals surface area contributed by atoms with Crippen LogP contribution in [0.2, 0.25) is 0 Å². The highest BCUT2D eigenvalue weighted by Crippen LogP contribution is 2.19. The van der Waals surface area contributed by atoms with Crippen LogP contribution in [0.4, 0.5) is 0 Å². The van der Waals surface area contributed by atoms with Gasteiger partial charge in [-0.1, -0.05) is 36.8 Å². The first-order valence-electron chi connectivity index (χ1n) is 11.5. The summed E-state index contributed by atoms with van der Waals surface area (Å²) in [4.78, 5) is 7.35. The van der Waals surface area contributed by atoms with Crippen LogP contribution in [0.5, 0.6) is 0 Å². The van der Waals surface area contributed by atoms with Gasteiger partial charge in [0.25, 0.3) is 0 Å². The summed E-state index contributed by atoms with van der Waals surface area (Å²) in [5.41, 5.74) is 2.67. The topological polar surface area (TPSA) is 46.1 Å². The minimum Gasteiger partial charge on any atom is -0.376 e. The zero-order valence-electron chi connectivity index (χ0n) is 18.9. The molecule has 2 unspecified atom stereocenters. The zero-order chi connectivity index (χ0) is 20.5. The molecular weight excluding hydrogens is 489 g/mol. The lowest BCUT2D eigenvalue weighted by molar-refractivity contribution is -0.0721. The molecule has 0 saturated carbocycles. The van der Waals surface area contributed by atoms with Crippen LogP contribution in [0.15, 0.2) is 29.3 Å². The number of halogens is 1. The minimum absolute atomic E-state index is 0. The van der Waals surface area contributed by atoms with E-state index >= 15 is 0 Å². The highest BCUT2D eigenvalue weighted by atomic mass is 127. The minimum atomic E-state index is 0. The molecule has 2 atom stereocenters. The lowest BCUT2D eigenvalue weighted by Crippen LogP contribution is -2.47. The summed E-state index contributed by atoms with van der Waals surface area (Å²) < 4.78 is 12.0. The summed E-state index contributed by atoms with van der Waals surface area (Å²) >= 11 is 0. The third kappa shape index (κ3) is 8.00. The maximum Gasteiger partial charge on any atom is 0.193 e. The highest BCUT2D eigenvalue weighted by Gasteiger charge is 2.24. The van der Waals surface area contributed by atoms with Gasteiger partial charge >= 0.3 is 0 Å². The number of piperidine rings is 1. The van der Waals surface area contributed by atoms with E-state index in [0.717, 1.165) is 64.6 Å². The summed E-state index contributed by atoms with van der Waals surface area (Å²) in [5, 5.41) is 3.48. The van der Waals surface area contributed by atoms with Crippen molar-refractivity contribution in [1.82, 2.24) is 10.2 Å². The van der Waals surface area contributed by atoms with Gasteiger partial charge < -0.3 is 19.7 Å². The summed E-state index contributed by atoms with van der Waals surface area (Å²) in [6, 6.07) is 8.76. The van der Waals surface area contributed by atoms with Crippen molar-refractivity contribution in [3.63, 3.8) is 0 Å². The first-order valence-corrected chi connectivity index (χ1v) is 11.5. The normalized spacial score (nSPS) is 21.8. The van der Waals surface area contributed by atoms with E-state index in [-0.39, 0.29) is 24.0 Å². The molecule has 1 aromatic rings. The Labute approximate surface area is 200 Å². The van der Waals surface area contributed by atoms with Crippen LogP contribution in [-0.4, -0.2) is 62.5 Å². The molecule has 0 radical (unpaired) electrons. The van der Waals surface area contributed by atoms with Crippen molar-refractivity contribution in [2.24, 2.45) is 4.99 Å². The number of nitrogens with zero attached hydrogens (tertiary/aromatic N) is 2. The summed E-state index contributed by atoms with van der Waals surface area (Å²) in [6.07, 6.45) is 6.40. The van der Waals surface area contributed by atoms with Crippen molar-refractivity contribution in [3.8, 4) is 0 Å². The molecule has 1 aromatic carbocycles. The Kier molecular flexibility index (Phi) is 11.5. The summed E-state index contributed by atoms with van der Waals surface area (Å²) in [7, 11) is 0. The number of guanidine groups is 1. The first-order chi connectivity index (χ1) is 14.2. The van der Waals surface area contributed by atoms with Gasteiger partial charge in [0.1, 0.15) is 0 Å². The van der Waals surface area contributed by atoms with Crippen molar-refractivity contribution in [2.75, 3.05) is 39.4 Å². The fourth-order valence-electron chi connectivity index (χ4n) is 4.15. The molecule has 1 N–H and O–H groups in total. The molecule has 170 valence electrons. The number of aryl methyl sites for hydroxylation is 1. The van der Waals surface area contributed by atoms with Gasteiger partial charge in [-0.2, -0.15) is 0 Å². The Morgan fingerprint density at radius 3 is 2.73 bits per heavy atom. The molecule has 2 aliphatic rings. The predicted octanol–water partition coefficient (Wildman–Crippen LogP) is 4.73. The lowest BCUT2D eigenvalue weighted by Gasteiger charge is -2.35. The molecule has 0 aliphatic carbocycles. The van der Waals surface area contributed by atoms with E-state index in [1.165, 1.54) is 24.0 Å². The molecule has 6 heteroatoms. The molecule has 0 amide bonds. The second kappa shape index (κ2) is 13.5. The summed E-state index contributed by atoms with van der Waals surface area (Å²) in [6.45, 7) is 11.9. The van der Waals surface area contributed by atoms with Crippen LogP contribution in [0.3, 0.4) is 0 Å². The fraction of sp³-hybridized carbons (Fsp3) is 0.708. The van der Waals surface area contributed by atoms with Gasteiger partial charge in [-0.25, -0.2) is 0 Å². The van der Waals surface area contributed by atoms with Crippen molar-refractivity contribution in [1.29, 1.82) is 0 Å². The van der Waals surface area contributed by atoms with E-state index in [4.69, 9.17) is 14.5 Å². The molecule has 3 rings (SSSR count). The van der Waals surface area contributed by atoms with E-state index in [1.54, 1.807) is 0 Å². The summed E-state index contributed by atoms with van der Waals surface area (Å²) in [5.74, 6) is 1.46. The molecule has 2 saturated heterocycles. The second-order valence-corrected chi connectivity index (χ2v) is 8.52. The molecule has 0 aromatic heterocycles. The number of rotatable bonds is 7. The van der Waals surface area contributed by atoms with Crippen molar-refractivity contribution >= 4 is 29.9 Å². The average molecular weight is 530 g/mol. The van der Waals surface area contributed by atoms with E-state index in [2.05, 4.69) is 55.3 Å². The van der Waals surface area contributed by atoms with Crippen LogP contribution in [0.1, 0.15) is 63.0 Å². The van der Waals surface area contributed by atoms with Gasteiger partial charge in [-0.3, -0.25) is 4.99 Å². The fourth-order valence-corrected chi connectivity index (χ4v) is 4.15. The number of nitrogens with one attached hydrogen (secondary N) is 1. The quantitative estimate of drug-likeness (QED) is 0.315. The van der Waals surface area contributed by atoms with Crippen LogP contribution in [0.25, 0.3) is 0 Å². The van der Waals surface area contributed by atoms with Gasteiger partial charge in [0, 0.05) is 38.7 Å². The number of ether oxygens (including phenoxy) is 2. The van der Waals surface area contributed by atoms with Crippen molar-refractivity contribution in [2.45, 2.75) is 71.0 Å². The van der Waals surface area contributed by atoms with E-state index in [0.29, 0.717) is 18.1 Å². The predicted molar refractivity (Wildman–Crippen MR) is 135 cm³/mol. The van der Waals surface area contributed by atoms with Gasteiger partial charge in [0.05, 0.1) is 18.8 Å². The van der Waals surface area contributed by atoms with Gasteiger partial charge in [-0.15, -0.1) is 24.0 Å². The third-order valence-electron chi connectivity index (χ3n) is 5.99. The molecule has 30 heavy (non-hydrogen) atoms. The Hall–Kier alpha value is -0.860. The number of hydrogen-bond acceptors (Lipinski definition) is 3. The maximum atomic E-state index is 6.17. The Bertz CT molecular complexity index is 641. The molecule has 2 heterocycles. The third-order valence-corrected chi connectivity index (χ3v) is 5.99. The largest absolute Gasteiger partial charge is 0.376 e. The van der Waals surface area contributed by atoms with Crippen LogP contribution in [0, 0.1) is 6.92 Å². The van der Waals surface area contributed by atoms with Crippen molar-refractivity contribution < 1.29 is 9.47 Å². The molecule has 0 bridgehead atoms. The number of hydrogen-bond donors (Lipinski definition) is 1. The Morgan fingerprint density at radius 1 is 1.27 bits per heavy atom. The van der Waals surface area contributed by atoms with Gasteiger partial charge in [-0.05, 0) is 51.5 Å². The monoisotopic (exact) mass is 529 g/mol. The lowest BCUT2D eigenvalue weighted by atomic mass is 10.00. The molecule has 2 fully saturated rings. The van der Waals surface area contributed by atoms with Crippen molar-refractivity contribution in [3.05, 3.63) is 35.4 Å². The zero-order valence-corrected chi connectivity index (χ0v) is 21.3. The molecule has 2 aliphatic heterocycles.